The van der Waals surface area contributed by atoms with Crippen molar-refractivity contribution >= 4 is 16.6 Å². The van der Waals surface area contributed by atoms with Gasteiger partial charge in [-0.2, -0.15) is 13.2 Å². The Balaban J connectivity index is 2.11. The molecule has 8 heteroatoms. The molecule has 0 saturated carbocycles. The first-order valence-corrected chi connectivity index (χ1v) is 5.76. The maximum absolute atomic E-state index is 12.1. The van der Waals surface area contributed by atoms with Crippen molar-refractivity contribution in [2.75, 3.05) is 18.9 Å². The normalized spacial score (nSPS) is 11.9. The monoisotopic (exact) mass is 287 g/mol. The van der Waals surface area contributed by atoms with E-state index in [1.807, 2.05) is 0 Å². The summed E-state index contributed by atoms with van der Waals surface area (Å²) in [4.78, 5) is 16.1. The maximum Gasteiger partial charge on any atom is 0.411 e. The summed E-state index contributed by atoms with van der Waals surface area (Å²) >= 11 is 0. The highest BCUT2D eigenvalue weighted by molar-refractivity contribution is 5.80. The Morgan fingerprint density at radius 3 is 2.80 bits per heavy atom. The summed E-state index contributed by atoms with van der Waals surface area (Å²) in [6, 6.07) is 4.71. The third kappa shape index (κ3) is 3.47. The molecule has 0 bridgehead atoms. The average Bonchev–Trinajstić information content (AvgIpc) is 2.36. The Labute approximate surface area is 111 Å². The topological polar surface area (TPSA) is 70.1 Å². The number of ether oxygens (including phenoxy) is 1. The second kappa shape index (κ2) is 5.49. The molecule has 0 unspecified atom stereocenters. The van der Waals surface area contributed by atoms with Gasteiger partial charge in [0.1, 0.15) is 6.61 Å². The molecule has 1 aromatic heterocycles. The largest absolute Gasteiger partial charge is 0.411 e. The molecule has 0 spiro atoms. The van der Waals surface area contributed by atoms with Crippen LogP contribution in [0.3, 0.4) is 0 Å². The van der Waals surface area contributed by atoms with Crippen LogP contribution in [0.25, 0.3) is 10.9 Å². The lowest BCUT2D eigenvalue weighted by Crippen LogP contribution is -2.25. The number of aromatic nitrogens is 2. The molecule has 0 amide bonds. The zero-order chi connectivity index (χ0) is 14.8. The van der Waals surface area contributed by atoms with Crippen molar-refractivity contribution in [3.8, 4) is 0 Å². The highest BCUT2D eigenvalue weighted by atomic mass is 19.4. The second-order valence-electron chi connectivity index (χ2n) is 4.19. The third-order valence-corrected chi connectivity index (χ3v) is 2.59. The molecule has 0 saturated heterocycles. The lowest BCUT2D eigenvalue weighted by atomic mass is 10.2. The van der Waals surface area contributed by atoms with Crippen LogP contribution in [-0.4, -0.2) is 28.9 Å². The fraction of sp³-hybridized carbons (Fsp3) is 0.333. The number of hydrogen-bond acceptors (Lipinski definition) is 4. The van der Waals surface area contributed by atoms with Gasteiger partial charge in [0.05, 0.1) is 30.4 Å². The summed E-state index contributed by atoms with van der Waals surface area (Å²) in [5, 5.41) is 0.323. The summed E-state index contributed by atoms with van der Waals surface area (Å²) < 4.78 is 41.3. The summed E-state index contributed by atoms with van der Waals surface area (Å²) in [7, 11) is 0. The van der Waals surface area contributed by atoms with Crippen LogP contribution in [0.1, 0.15) is 0 Å². The SMILES string of the molecule is Nc1ccc2ncn(CCOCC(F)(F)F)c(=O)c2c1. The van der Waals surface area contributed by atoms with E-state index >= 15 is 0 Å². The van der Waals surface area contributed by atoms with Crippen molar-refractivity contribution in [3.05, 3.63) is 34.9 Å². The van der Waals surface area contributed by atoms with Crippen molar-refractivity contribution in [1.82, 2.24) is 9.55 Å². The van der Waals surface area contributed by atoms with Gasteiger partial charge in [0.25, 0.3) is 5.56 Å². The van der Waals surface area contributed by atoms with Crippen molar-refractivity contribution in [2.24, 2.45) is 0 Å². The van der Waals surface area contributed by atoms with Gasteiger partial charge in [-0.1, -0.05) is 0 Å². The van der Waals surface area contributed by atoms with E-state index in [0.29, 0.717) is 16.6 Å². The molecule has 20 heavy (non-hydrogen) atoms. The predicted octanol–water partition coefficient (Wildman–Crippen LogP) is 1.56. The van der Waals surface area contributed by atoms with Crippen LogP contribution in [-0.2, 0) is 11.3 Å². The zero-order valence-corrected chi connectivity index (χ0v) is 10.4. The Bertz CT molecular complexity index is 667. The molecule has 0 aliphatic carbocycles. The molecule has 1 aromatic carbocycles. The first-order valence-electron chi connectivity index (χ1n) is 5.76. The van der Waals surface area contributed by atoms with E-state index in [1.165, 1.54) is 17.0 Å². The minimum absolute atomic E-state index is 0.00729. The number of hydrogen-bond donors (Lipinski definition) is 1. The lowest BCUT2D eigenvalue weighted by Gasteiger charge is -2.09. The van der Waals surface area contributed by atoms with E-state index in [0.717, 1.165) is 0 Å². The Kier molecular flexibility index (Phi) is 3.93. The van der Waals surface area contributed by atoms with Crippen LogP contribution in [0.2, 0.25) is 0 Å². The zero-order valence-electron chi connectivity index (χ0n) is 10.4. The quantitative estimate of drug-likeness (QED) is 0.684. The minimum Gasteiger partial charge on any atom is -0.399 e. The van der Waals surface area contributed by atoms with Gasteiger partial charge in [0.2, 0.25) is 0 Å². The average molecular weight is 287 g/mol. The van der Waals surface area contributed by atoms with Gasteiger partial charge in [-0.25, -0.2) is 4.98 Å². The smallest absolute Gasteiger partial charge is 0.399 e. The summed E-state index contributed by atoms with van der Waals surface area (Å²) in [6.07, 6.45) is -3.10. The molecule has 0 aliphatic rings. The fourth-order valence-electron chi connectivity index (χ4n) is 1.69. The predicted molar refractivity (Wildman–Crippen MR) is 67.3 cm³/mol. The van der Waals surface area contributed by atoms with Crippen LogP contribution in [0.5, 0.6) is 0 Å². The molecule has 0 radical (unpaired) electrons. The van der Waals surface area contributed by atoms with E-state index in [4.69, 9.17) is 5.73 Å². The van der Waals surface area contributed by atoms with Crippen molar-refractivity contribution < 1.29 is 17.9 Å². The van der Waals surface area contributed by atoms with Crippen LogP contribution < -0.4 is 11.3 Å². The number of alkyl halides is 3. The molecule has 0 fully saturated rings. The number of benzene rings is 1. The fourth-order valence-corrected chi connectivity index (χ4v) is 1.69. The number of anilines is 1. The number of nitrogen functional groups attached to an aromatic ring is 1. The molecule has 2 aromatic rings. The van der Waals surface area contributed by atoms with Crippen LogP contribution in [0.15, 0.2) is 29.3 Å². The van der Waals surface area contributed by atoms with Crippen molar-refractivity contribution in [3.63, 3.8) is 0 Å². The van der Waals surface area contributed by atoms with Gasteiger partial charge in [0, 0.05) is 5.69 Å². The molecule has 108 valence electrons. The molecule has 0 aliphatic heterocycles. The van der Waals surface area contributed by atoms with Gasteiger partial charge in [-0.3, -0.25) is 9.36 Å². The first-order chi connectivity index (χ1) is 9.37. The van der Waals surface area contributed by atoms with E-state index < -0.39 is 12.8 Å². The maximum atomic E-state index is 12.1. The van der Waals surface area contributed by atoms with Gasteiger partial charge in [-0.05, 0) is 18.2 Å². The molecule has 2 N–H and O–H groups in total. The molecule has 0 atom stereocenters. The number of rotatable bonds is 4. The Morgan fingerprint density at radius 1 is 1.35 bits per heavy atom. The Morgan fingerprint density at radius 2 is 2.10 bits per heavy atom. The number of fused-ring (bicyclic) bond motifs is 1. The van der Waals surface area contributed by atoms with Gasteiger partial charge in [-0.15, -0.1) is 0 Å². The van der Waals surface area contributed by atoms with E-state index in [9.17, 15) is 18.0 Å². The van der Waals surface area contributed by atoms with E-state index in [-0.39, 0.29) is 18.7 Å². The van der Waals surface area contributed by atoms with Crippen LogP contribution in [0, 0.1) is 0 Å². The highest BCUT2D eigenvalue weighted by Gasteiger charge is 2.27. The molecule has 2 rings (SSSR count). The molecule has 5 nitrogen and oxygen atoms in total. The number of halogens is 3. The summed E-state index contributed by atoms with van der Waals surface area (Å²) in [5.74, 6) is 0. The minimum atomic E-state index is -4.37. The second-order valence-corrected chi connectivity index (χ2v) is 4.19. The standard InChI is InChI=1S/C12H12F3N3O2/c13-12(14,15)6-20-4-3-18-7-17-10-2-1-8(16)5-9(10)11(18)19/h1-2,5,7H,3-4,6,16H2. The van der Waals surface area contributed by atoms with Gasteiger partial charge in [0.15, 0.2) is 0 Å². The number of nitrogens with two attached hydrogens (primary N) is 1. The van der Waals surface area contributed by atoms with Crippen molar-refractivity contribution in [1.29, 1.82) is 0 Å². The Hall–Kier alpha value is -2.09. The van der Waals surface area contributed by atoms with E-state index in [1.54, 1.807) is 12.1 Å². The molecule has 1 heterocycles. The first kappa shape index (κ1) is 14.3. The molecular weight excluding hydrogens is 275 g/mol. The van der Waals surface area contributed by atoms with Crippen LogP contribution in [0.4, 0.5) is 18.9 Å². The van der Waals surface area contributed by atoms with Crippen molar-refractivity contribution in [2.45, 2.75) is 12.7 Å². The third-order valence-electron chi connectivity index (χ3n) is 2.59. The van der Waals surface area contributed by atoms with Crippen LogP contribution >= 0.6 is 0 Å². The summed E-state index contributed by atoms with van der Waals surface area (Å²) in [5.41, 5.74) is 6.13. The van der Waals surface area contributed by atoms with E-state index in [2.05, 4.69) is 9.72 Å². The number of nitrogens with zero attached hydrogens (tertiary/aromatic N) is 2. The molecular formula is C12H12F3N3O2. The summed E-state index contributed by atoms with van der Waals surface area (Å²) in [6.45, 7) is -1.57. The lowest BCUT2D eigenvalue weighted by molar-refractivity contribution is -0.174. The van der Waals surface area contributed by atoms with Gasteiger partial charge < -0.3 is 10.5 Å². The highest BCUT2D eigenvalue weighted by Crippen LogP contribution is 2.14. The van der Waals surface area contributed by atoms with Gasteiger partial charge >= 0.3 is 6.18 Å².